The molecule has 0 N–H and O–H groups in total. The summed E-state index contributed by atoms with van der Waals surface area (Å²) in [6.45, 7) is 6.65. The largest absolute Gasteiger partial charge is 0.462 e. The topological polar surface area (TPSA) is 78.9 Å². The van der Waals surface area contributed by atoms with Crippen LogP contribution in [0.1, 0.15) is 310 Å². The highest BCUT2D eigenvalue weighted by Gasteiger charge is 2.19. The van der Waals surface area contributed by atoms with Crippen LogP contribution in [0, 0.1) is 0 Å². The van der Waals surface area contributed by atoms with Gasteiger partial charge in [-0.1, -0.05) is 263 Å². The predicted octanol–water partition coefficient (Wildman–Crippen LogP) is 18.7. The average molecular weight is 901 g/mol. The summed E-state index contributed by atoms with van der Waals surface area (Å²) in [5.74, 6) is -0.851. The molecule has 0 unspecified atom stereocenters. The Hall–Kier alpha value is -2.11. The first-order valence-corrected chi connectivity index (χ1v) is 28.3. The van der Waals surface area contributed by atoms with Gasteiger partial charge in [0.25, 0.3) is 0 Å². The SMILES string of the molecule is CCCCC/C=C\C/C=C\CCCCCCCCCCCC(=O)OC[C@@H](COC(=O)CCCCCCCCCCCCCCC)OC(=O)CCCCCCCCCCCCCCCC. The van der Waals surface area contributed by atoms with Crippen molar-refractivity contribution in [2.75, 3.05) is 13.2 Å². The normalized spacial score (nSPS) is 12.1. The van der Waals surface area contributed by atoms with Gasteiger partial charge in [-0.2, -0.15) is 0 Å². The Kier molecular flexibility index (Phi) is 51.7. The van der Waals surface area contributed by atoms with Crippen molar-refractivity contribution in [2.24, 2.45) is 0 Å². The predicted molar refractivity (Wildman–Crippen MR) is 275 cm³/mol. The van der Waals surface area contributed by atoms with E-state index in [1.165, 1.54) is 205 Å². The van der Waals surface area contributed by atoms with Crippen molar-refractivity contribution in [2.45, 2.75) is 316 Å². The van der Waals surface area contributed by atoms with E-state index in [1.54, 1.807) is 0 Å². The summed E-state index contributed by atoms with van der Waals surface area (Å²) in [4.78, 5) is 38.1. The van der Waals surface area contributed by atoms with Crippen molar-refractivity contribution in [3.63, 3.8) is 0 Å². The molecule has 6 heteroatoms. The second kappa shape index (κ2) is 53.5. The van der Waals surface area contributed by atoms with E-state index in [9.17, 15) is 14.4 Å². The van der Waals surface area contributed by atoms with Crippen LogP contribution in [0.15, 0.2) is 24.3 Å². The van der Waals surface area contributed by atoms with Gasteiger partial charge in [0.1, 0.15) is 13.2 Å². The highest BCUT2D eigenvalue weighted by molar-refractivity contribution is 5.71. The number of ether oxygens (including phenoxy) is 3. The molecule has 64 heavy (non-hydrogen) atoms. The number of unbranched alkanes of at least 4 members (excludes halogenated alkanes) is 37. The standard InChI is InChI=1S/C58H108O6/c1-4-7-10-13-16-19-22-25-27-28-29-30-31-34-36-39-42-45-48-51-57(60)63-54-55(53-62-56(59)50-47-44-41-38-35-32-24-21-18-15-12-9-6-3)64-58(61)52-49-46-43-40-37-33-26-23-20-17-14-11-8-5-2/h16,19,25,27,55H,4-15,17-18,20-24,26,28-54H2,1-3H3/b19-16-,27-25-/t55-/m1/s1. The van der Waals surface area contributed by atoms with E-state index in [0.717, 1.165) is 64.2 Å². The Morgan fingerprint density at radius 1 is 0.312 bits per heavy atom. The summed E-state index contributed by atoms with van der Waals surface area (Å²) in [6.07, 6.45) is 61.6. The maximum Gasteiger partial charge on any atom is 0.306 e. The van der Waals surface area contributed by atoms with Crippen LogP contribution in [0.3, 0.4) is 0 Å². The molecular weight excluding hydrogens is 793 g/mol. The molecule has 0 radical (unpaired) electrons. The molecule has 0 amide bonds. The fraction of sp³-hybridized carbons (Fsp3) is 0.879. The second-order valence-corrected chi connectivity index (χ2v) is 19.2. The minimum atomic E-state index is -0.767. The van der Waals surface area contributed by atoms with Crippen molar-refractivity contribution in [1.82, 2.24) is 0 Å². The third kappa shape index (κ3) is 50.9. The van der Waals surface area contributed by atoms with Crippen LogP contribution in [0.25, 0.3) is 0 Å². The van der Waals surface area contributed by atoms with Gasteiger partial charge in [0.2, 0.25) is 0 Å². The summed E-state index contributed by atoms with van der Waals surface area (Å²) in [6, 6.07) is 0. The quantitative estimate of drug-likeness (QED) is 0.0262. The van der Waals surface area contributed by atoms with Crippen LogP contribution >= 0.6 is 0 Å². The smallest absolute Gasteiger partial charge is 0.306 e. The Morgan fingerprint density at radius 2 is 0.562 bits per heavy atom. The van der Waals surface area contributed by atoms with Gasteiger partial charge in [0.05, 0.1) is 0 Å². The summed E-state index contributed by atoms with van der Waals surface area (Å²) < 4.78 is 16.9. The Bertz CT molecular complexity index is 1040. The van der Waals surface area contributed by atoms with Gasteiger partial charge >= 0.3 is 17.9 Å². The van der Waals surface area contributed by atoms with Crippen molar-refractivity contribution < 1.29 is 28.6 Å². The second-order valence-electron chi connectivity index (χ2n) is 19.2. The van der Waals surface area contributed by atoms with Gasteiger partial charge in [-0.05, 0) is 51.4 Å². The zero-order valence-electron chi connectivity index (χ0n) is 43.1. The zero-order chi connectivity index (χ0) is 46.5. The molecule has 0 aliphatic carbocycles. The lowest BCUT2D eigenvalue weighted by Gasteiger charge is -2.18. The summed E-state index contributed by atoms with van der Waals surface area (Å²) in [7, 11) is 0. The molecule has 376 valence electrons. The molecule has 0 aromatic carbocycles. The van der Waals surface area contributed by atoms with E-state index in [-0.39, 0.29) is 31.1 Å². The number of hydrogen-bond acceptors (Lipinski definition) is 6. The molecule has 0 heterocycles. The number of carbonyl (C=O) groups is 3. The van der Waals surface area contributed by atoms with Crippen LogP contribution in [0.4, 0.5) is 0 Å². The minimum Gasteiger partial charge on any atom is -0.462 e. The molecular formula is C58H108O6. The van der Waals surface area contributed by atoms with Crippen LogP contribution in [-0.4, -0.2) is 37.2 Å². The van der Waals surface area contributed by atoms with Crippen LogP contribution < -0.4 is 0 Å². The maximum atomic E-state index is 12.8. The third-order valence-electron chi connectivity index (χ3n) is 12.7. The summed E-state index contributed by atoms with van der Waals surface area (Å²) in [5, 5.41) is 0. The highest BCUT2D eigenvalue weighted by atomic mass is 16.6. The van der Waals surface area contributed by atoms with Gasteiger partial charge in [-0.3, -0.25) is 14.4 Å². The third-order valence-corrected chi connectivity index (χ3v) is 12.7. The van der Waals surface area contributed by atoms with Crippen molar-refractivity contribution in [3.05, 3.63) is 24.3 Å². The van der Waals surface area contributed by atoms with Crippen LogP contribution in [0.5, 0.6) is 0 Å². The first-order valence-electron chi connectivity index (χ1n) is 28.3. The molecule has 0 saturated carbocycles. The Labute approximate surface area is 398 Å². The van der Waals surface area contributed by atoms with E-state index in [1.807, 2.05) is 0 Å². The zero-order valence-corrected chi connectivity index (χ0v) is 43.1. The molecule has 0 aromatic heterocycles. The van der Waals surface area contributed by atoms with Gasteiger partial charge in [-0.25, -0.2) is 0 Å². The molecule has 0 aliphatic heterocycles. The highest BCUT2D eigenvalue weighted by Crippen LogP contribution is 2.17. The number of rotatable bonds is 52. The molecule has 0 spiro atoms. The van der Waals surface area contributed by atoms with Crippen molar-refractivity contribution in [1.29, 1.82) is 0 Å². The van der Waals surface area contributed by atoms with Crippen LogP contribution in [-0.2, 0) is 28.6 Å². The lowest BCUT2D eigenvalue weighted by molar-refractivity contribution is -0.167. The summed E-state index contributed by atoms with van der Waals surface area (Å²) >= 11 is 0. The van der Waals surface area contributed by atoms with E-state index in [0.29, 0.717) is 19.3 Å². The number of esters is 3. The molecule has 0 aromatic rings. The number of allylic oxidation sites excluding steroid dienone is 4. The van der Waals surface area contributed by atoms with E-state index in [4.69, 9.17) is 14.2 Å². The Morgan fingerprint density at radius 3 is 0.891 bits per heavy atom. The molecule has 0 saturated heterocycles. The van der Waals surface area contributed by atoms with E-state index in [2.05, 4.69) is 45.1 Å². The Balaban J connectivity index is 4.30. The van der Waals surface area contributed by atoms with Crippen molar-refractivity contribution in [3.8, 4) is 0 Å². The molecule has 0 rings (SSSR count). The molecule has 0 fully saturated rings. The fourth-order valence-electron chi connectivity index (χ4n) is 8.42. The van der Waals surface area contributed by atoms with Gasteiger partial charge < -0.3 is 14.2 Å². The average Bonchev–Trinajstić information content (AvgIpc) is 3.29. The molecule has 0 aliphatic rings. The summed E-state index contributed by atoms with van der Waals surface area (Å²) in [5.41, 5.74) is 0. The minimum absolute atomic E-state index is 0.0669. The number of hydrogen-bond donors (Lipinski definition) is 0. The van der Waals surface area contributed by atoms with Gasteiger partial charge in [0.15, 0.2) is 6.10 Å². The lowest BCUT2D eigenvalue weighted by Crippen LogP contribution is -2.30. The fourth-order valence-corrected chi connectivity index (χ4v) is 8.42. The van der Waals surface area contributed by atoms with Crippen LogP contribution in [0.2, 0.25) is 0 Å². The lowest BCUT2D eigenvalue weighted by atomic mass is 10.0. The van der Waals surface area contributed by atoms with Gasteiger partial charge in [0, 0.05) is 19.3 Å². The molecule has 0 bridgehead atoms. The first kappa shape index (κ1) is 61.9. The maximum absolute atomic E-state index is 12.8. The van der Waals surface area contributed by atoms with Gasteiger partial charge in [-0.15, -0.1) is 0 Å². The molecule has 1 atom stereocenters. The van der Waals surface area contributed by atoms with E-state index < -0.39 is 6.10 Å². The molecule has 6 nitrogen and oxygen atoms in total. The van der Waals surface area contributed by atoms with E-state index >= 15 is 0 Å². The number of carbonyl (C=O) groups excluding carboxylic acids is 3. The monoisotopic (exact) mass is 901 g/mol. The van der Waals surface area contributed by atoms with Crippen molar-refractivity contribution >= 4 is 17.9 Å². The first-order chi connectivity index (χ1) is 31.5.